The molecule has 0 radical (unpaired) electrons. The number of hydrogen-bond acceptors (Lipinski definition) is 5. The maximum atomic E-state index is 11.9. The second-order valence-corrected chi connectivity index (χ2v) is 4.18. The number of aliphatic hydroxyl groups is 1. The van der Waals surface area contributed by atoms with Crippen LogP contribution in [0.2, 0.25) is 0 Å². The first kappa shape index (κ1) is 12.7. The monoisotopic (exact) mass is 252 g/mol. The Morgan fingerprint density at radius 2 is 2.11 bits per heavy atom. The highest BCUT2D eigenvalue weighted by Gasteiger charge is 2.23. The standard InChI is InChI=1S/C12H16N2O4/c1-7-3-10-11(18-6-17-10)4-9(7)14(2)12(16)8(13)5-15/h3-4,8,15H,5-6,13H2,1-2H3. The molecule has 6 heteroatoms. The number of benzene rings is 1. The molecule has 0 saturated heterocycles. The van der Waals surface area contributed by atoms with Gasteiger partial charge in [-0.3, -0.25) is 4.79 Å². The molecule has 3 N–H and O–H groups in total. The first-order chi connectivity index (χ1) is 8.54. The maximum Gasteiger partial charge on any atom is 0.246 e. The average molecular weight is 252 g/mol. The molecular weight excluding hydrogens is 236 g/mol. The van der Waals surface area contributed by atoms with Gasteiger partial charge in [0, 0.05) is 13.1 Å². The molecule has 0 aromatic heterocycles. The second-order valence-electron chi connectivity index (χ2n) is 4.18. The molecule has 1 unspecified atom stereocenters. The van der Waals surface area contributed by atoms with E-state index in [4.69, 9.17) is 20.3 Å². The lowest BCUT2D eigenvalue weighted by atomic mass is 10.1. The van der Waals surface area contributed by atoms with Crippen molar-refractivity contribution in [3.8, 4) is 11.5 Å². The molecule has 1 aliphatic rings. The van der Waals surface area contributed by atoms with Gasteiger partial charge in [-0.15, -0.1) is 0 Å². The number of aliphatic hydroxyl groups excluding tert-OH is 1. The minimum absolute atomic E-state index is 0.187. The molecule has 98 valence electrons. The average Bonchev–Trinajstić information content (AvgIpc) is 2.82. The van der Waals surface area contributed by atoms with Crippen molar-refractivity contribution in [2.75, 3.05) is 25.3 Å². The van der Waals surface area contributed by atoms with Crippen LogP contribution in [0.25, 0.3) is 0 Å². The van der Waals surface area contributed by atoms with E-state index in [0.717, 1.165) is 5.56 Å². The number of carbonyl (C=O) groups is 1. The smallest absolute Gasteiger partial charge is 0.246 e. The van der Waals surface area contributed by atoms with E-state index >= 15 is 0 Å². The number of likely N-dealkylation sites (N-methyl/N-ethyl adjacent to an activating group) is 1. The summed E-state index contributed by atoms with van der Waals surface area (Å²) in [5.74, 6) is 0.927. The molecule has 1 atom stereocenters. The Kier molecular flexibility index (Phi) is 3.40. The summed E-state index contributed by atoms with van der Waals surface area (Å²) in [6, 6.07) is 2.63. The molecule has 1 amide bonds. The molecule has 0 saturated carbocycles. The summed E-state index contributed by atoms with van der Waals surface area (Å²) >= 11 is 0. The Morgan fingerprint density at radius 1 is 1.50 bits per heavy atom. The van der Waals surface area contributed by atoms with Gasteiger partial charge in [0.1, 0.15) is 6.04 Å². The third kappa shape index (κ3) is 2.12. The SMILES string of the molecule is Cc1cc2c(cc1N(C)C(=O)C(N)CO)OCO2. The van der Waals surface area contributed by atoms with Gasteiger partial charge in [0.25, 0.3) is 0 Å². The van der Waals surface area contributed by atoms with Gasteiger partial charge in [-0.05, 0) is 18.6 Å². The summed E-state index contributed by atoms with van der Waals surface area (Å²) < 4.78 is 10.5. The van der Waals surface area contributed by atoms with Gasteiger partial charge in [-0.25, -0.2) is 0 Å². The lowest BCUT2D eigenvalue weighted by Crippen LogP contribution is -2.44. The molecule has 0 fully saturated rings. The Labute approximate surface area is 105 Å². The lowest BCUT2D eigenvalue weighted by Gasteiger charge is -2.22. The molecule has 0 aliphatic carbocycles. The van der Waals surface area contributed by atoms with Crippen molar-refractivity contribution in [1.82, 2.24) is 0 Å². The summed E-state index contributed by atoms with van der Waals surface area (Å²) in [7, 11) is 1.61. The molecule has 1 aromatic carbocycles. The van der Waals surface area contributed by atoms with Crippen molar-refractivity contribution in [1.29, 1.82) is 0 Å². The Balaban J connectivity index is 2.31. The summed E-state index contributed by atoms with van der Waals surface area (Å²) in [5, 5.41) is 8.91. The van der Waals surface area contributed by atoms with Crippen LogP contribution in [0.3, 0.4) is 0 Å². The van der Waals surface area contributed by atoms with E-state index in [1.54, 1.807) is 13.1 Å². The van der Waals surface area contributed by atoms with E-state index in [-0.39, 0.29) is 19.3 Å². The largest absolute Gasteiger partial charge is 0.454 e. The summed E-state index contributed by atoms with van der Waals surface area (Å²) in [5.41, 5.74) is 7.08. The van der Waals surface area contributed by atoms with Crippen LogP contribution in [0, 0.1) is 6.92 Å². The number of fused-ring (bicyclic) bond motifs is 1. The zero-order chi connectivity index (χ0) is 13.3. The summed E-state index contributed by atoms with van der Waals surface area (Å²) in [6.07, 6.45) is 0. The minimum Gasteiger partial charge on any atom is -0.454 e. The predicted octanol–water partition coefficient (Wildman–Crippen LogP) is 0.00612. The number of nitrogens with zero attached hydrogens (tertiary/aromatic N) is 1. The van der Waals surface area contributed by atoms with Crippen LogP contribution in [-0.4, -0.2) is 37.5 Å². The highest BCUT2D eigenvalue weighted by Crippen LogP contribution is 2.37. The molecular formula is C12H16N2O4. The zero-order valence-electron chi connectivity index (χ0n) is 10.3. The van der Waals surface area contributed by atoms with Crippen molar-refractivity contribution < 1.29 is 19.4 Å². The Morgan fingerprint density at radius 3 is 2.72 bits per heavy atom. The molecule has 1 aromatic rings. The topological polar surface area (TPSA) is 85.0 Å². The van der Waals surface area contributed by atoms with E-state index in [0.29, 0.717) is 17.2 Å². The van der Waals surface area contributed by atoms with Crippen molar-refractivity contribution in [3.05, 3.63) is 17.7 Å². The van der Waals surface area contributed by atoms with E-state index in [9.17, 15) is 4.79 Å². The first-order valence-corrected chi connectivity index (χ1v) is 5.59. The molecule has 0 spiro atoms. The van der Waals surface area contributed by atoms with E-state index < -0.39 is 6.04 Å². The number of carbonyl (C=O) groups excluding carboxylic acids is 1. The molecule has 2 rings (SSSR count). The maximum absolute atomic E-state index is 11.9. The number of anilines is 1. The fourth-order valence-corrected chi connectivity index (χ4v) is 1.84. The molecule has 0 bridgehead atoms. The van der Waals surface area contributed by atoms with Gasteiger partial charge >= 0.3 is 0 Å². The van der Waals surface area contributed by atoms with Crippen LogP contribution in [0.5, 0.6) is 11.5 Å². The zero-order valence-corrected chi connectivity index (χ0v) is 10.3. The van der Waals surface area contributed by atoms with Crippen LogP contribution in [0.4, 0.5) is 5.69 Å². The van der Waals surface area contributed by atoms with Crippen LogP contribution < -0.4 is 20.1 Å². The summed E-state index contributed by atoms with van der Waals surface area (Å²) in [6.45, 7) is 1.67. The van der Waals surface area contributed by atoms with E-state index in [1.165, 1.54) is 4.90 Å². The fraction of sp³-hybridized carbons (Fsp3) is 0.417. The predicted molar refractivity (Wildman–Crippen MR) is 65.8 cm³/mol. The minimum atomic E-state index is -0.917. The molecule has 18 heavy (non-hydrogen) atoms. The van der Waals surface area contributed by atoms with Crippen molar-refractivity contribution in [2.24, 2.45) is 5.73 Å². The van der Waals surface area contributed by atoms with Gasteiger partial charge in [-0.2, -0.15) is 0 Å². The number of nitrogens with two attached hydrogens (primary N) is 1. The lowest BCUT2D eigenvalue weighted by molar-refractivity contribution is -0.120. The van der Waals surface area contributed by atoms with Crippen molar-refractivity contribution in [3.63, 3.8) is 0 Å². The third-order valence-electron chi connectivity index (χ3n) is 2.90. The third-order valence-corrected chi connectivity index (χ3v) is 2.90. The Bertz CT molecular complexity index is 475. The summed E-state index contributed by atoms with van der Waals surface area (Å²) in [4.78, 5) is 13.3. The first-order valence-electron chi connectivity index (χ1n) is 5.59. The van der Waals surface area contributed by atoms with Gasteiger partial charge in [0.2, 0.25) is 12.7 Å². The second kappa shape index (κ2) is 4.83. The highest BCUT2D eigenvalue weighted by molar-refractivity contribution is 5.97. The fourth-order valence-electron chi connectivity index (χ4n) is 1.84. The van der Waals surface area contributed by atoms with Crippen molar-refractivity contribution >= 4 is 11.6 Å². The Hall–Kier alpha value is -1.79. The van der Waals surface area contributed by atoms with Gasteiger partial charge in [0.15, 0.2) is 11.5 Å². The normalized spacial score (nSPS) is 14.4. The van der Waals surface area contributed by atoms with E-state index in [1.807, 2.05) is 13.0 Å². The van der Waals surface area contributed by atoms with Crippen LogP contribution in [-0.2, 0) is 4.79 Å². The van der Waals surface area contributed by atoms with Crippen LogP contribution >= 0.6 is 0 Å². The quantitative estimate of drug-likeness (QED) is 0.791. The molecule has 1 aliphatic heterocycles. The number of hydrogen-bond donors (Lipinski definition) is 2. The van der Waals surface area contributed by atoms with Crippen molar-refractivity contribution in [2.45, 2.75) is 13.0 Å². The number of rotatable bonds is 3. The number of amides is 1. The molecule has 1 heterocycles. The number of aryl methyl sites for hydroxylation is 1. The number of ether oxygens (including phenoxy) is 2. The van der Waals surface area contributed by atoms with Crippen LogP contribution in [0.15, 0.2) is 12.1 Å². The van der Waals surface area contributed by atoms with Gasteiger partial charge in [-0.1, -0.05) is 0 Å². The molecule has 6 nitrogen and oxygen atoms in total. The van der Waals surface area contributed by atoms with E-state index in [2.05, 4.69) is 0 Å². The highest BCUT2D eigenvalue weighted by atomic mass is 16.7. The van der Waals surface area contributed by atoms with Gasteiger partial charge in [0.05, 0.1) is 12.3 Å². The van der Waals surface area contributed by atoms with Gasteiger partial charge < -0.3 is 25.2 Å². The van der Waals surface area contributed by atoms with Crippen LogP contribution in [0.1, 0.15) is 5.56 Å².